The van der Waals surface area contributed by atoms with Gasteiger partial charge < -0.3 is 14.2 Å². The van der Waals surface area contributed by atoms with Crippen LogP contribution >= 0.6 is 22.6 Å². The molecule has 1 amide bonds. The Kier molecular flexibility index (Phi) is 5.12. The Labute approximate surface area is 159 Å². The predicted molar refractivity (Wildman–Crippen MR) is 102 cm³/mol. The molecule has 130 valence electrons. The Morgan fingerprint density at radius 1 is 1.20 bits per heavy atom. The van der Waals surface area contributed by atoms with Gasteiger partial charge in [0, 0.05) is 16.1 Å². The molecule has 0 radical (unpaired) electrons. The predicted octanol–water partition coefficient (Wildman–Crippen LogP) is 3.55. The van der Waals surface area contributed by atoms with E-state index >= 15 is 0 Å². The molecule has 0 saturated heterocycles. The number of halogens is 1. The third kappa shape index (κ3) is 3.55. The Morgan fingerprint density at radius 3 is 2.64 bits per heavy atom. The van der Waals surface area contributed by atoms with Crippen LogP contribution < -0.4 is 9.47 Å². The Balaban J connectivity index is 2.02. The van der Waals surface area contributed by atoms with E-state index in [4.69, 9.17) is 14.2 Å². The van der Waals surface area contributed by atoms with Crippen molar-refractivity contribution in [1.82, 2.24) is 5.01 Å². The molecule has 1 atom stereocenters. The summed E-state index contributed by atoms with van der Waals surface area (Å²) in [7, 11) is 3.15. The molecule has 0 fully saturated rings. The minimum absolute atomic E-state index is 0.226. The van der Waals surface area contributed by atoms with E-state index < -0.39 is 6.23 Å². The fourth-order valence-corrected chi connectivity index (χ4v) is 3.08. The monoisotopic (exact) mass is 452 g/mol. The van der Waals surface area contributed by atoms with Crippen LogP contribution in [0.2, 0.25) is 0 Å². The molecule has 0 aromatic heterocycles. The molecule has 1 unspecified atom stereocenters. The van der Waals surface area contributed by atoms with Gasteiger partial charge >= 0.3 is 0 Å². The van der Waals surface area contributed by atoms with Crippen molar-refractivity contribution >= 4 is 34.4 Å². The van der Waals surface area contributed by atoms with Gasteiger partial charge in [0.2, 0.25) is 18.0 Å². The van der Waals surface area contributed by atoms with Crippen molar-refractivity contribution in [3.8, 4) is 11.5 Å². The largest absolute Gasteiger partial charge is 0.497 e. The van der Waals surface area contributed by atoms with Gasteiger partial charge in [0.05, 0.1) is 19.8 Å². The summed E-state index contributed by atoms with van der Waals surface area (Å²) < 4.78 is 17.8. The van der Waals surface area contributed by atoms with Crippen LogP contribution in [0.15, 0.2) is 47.6 Å². The van der Waals surface area contributed by atoms with Gasteiger partial charge in [0.15, 0.2) is 0 Å². The van der Waals surface area contributed by atoms with Gasteiger partial charge in [-0.25, -0.2) is 0 Å². The maximum absolute atomic E-state index is 12.1. The van der Waals surface area contributed by atoms with E-state index in [1.807, 2.05) is 24.3 Å². The lowest BCUT2D eigenvalue weighted by atomic mass is 10.1. The third-order valence-electron chi connectivity index (χ3n) is 3.74. The molecule has 1 aliphatic heterocycles. The second-order valence-corrected chi connectivity index (χ2v) is 6.60. The van der Waals surface area contributed by atoms with Gasteiger partial charge in [0.25, 0.3) is 0 Å². The number of carbonyl (C=O) groups excluding carboxylic acids is 1. The number of ether oxygens (including phenoxy) is 3. The molecule has 0 saturated carbocycles. The number of amides is 1. The van der Waals surface area contributed by atoms with Gasteiger partial charge in [-0.3, -0.25) is 4.79 Å². The molecule has 3 rings (SSSR count). The van der Waals surface area contributed by atoms with Crippen LogP contribution in [0.25, 0.3) is 0 Å². The zero-order valence-corrected chi connectivity index (χ0v) is 16.2. The summed E-state index contributed by atoms with van der Waals surface area (Å²) in [4.78, 5) is 12.1. The lowest BCUT2D eigenvalue weighted by Crippen LogP contribution is -2.25. The first-order valence-electron chi connectivity index (χ1n) is 7.56. The van der Waals surface area contributed by atoms with E-state index in [1.165, 1.54) is 11.9 Å². The summed E-state index contributed by atoms with van der Waals surface area (Å²) in [5, 5.41) is 5.68. The molecule has 2 aromatic rings. The van der Waals surface area contributed by atoms with Crippen LogP contribution in [0, 0.1) is 3.57 Å². The average Bonchev–Trinajstić information content (AvgIpc) is 3.06. The molecule has 0 N–H and O–H groups in total. The molecule has 1 heterocycles. The quantitative estimate of drug-likeness (QED) is 0.666. The fraction of sp³-hybridized carbons (Fsp3) is 0.222. The SMILES string of the molecule is COc1ccc(OC)c(C2OC(c3cccc(I)c3)=NN2C(C)=O)c1. The van der Waals surface area contributed by atoms with Crippen molar-refractivity contribution in [2.75, 3.05) is 14.2 Å². The van der Waals surface area contributed by atoms with E-state index in [0.717, 1.165) is 9.13 Å². The summed E-state index contributed by atoms with van der Waals surface area (Å²) >= 11 is 2.22. The zero-order valence-electron chi connectivity index (χ0n) is 14.0. The molecular formula is C18H17IN2O4. The fourth-order valence-electron chi connectivity index (χ4n) is 2.54. The van der Waals surface area contributed by atoms with Crippen molar-refractivity contribution in [3.05, 3.63) is 57.2 Å². The molecule has 2 aromatic carbocycles. The smallest absolute Gasteiger partial charge is 0.243 e. The van der Waals surface area contributed by atoms with E-state index in [-0.39, 0.29) is 5.91 Å². The average molecular weight is 452 g/mol. The number of hydrogen-bond donors (Lipinski definition) is 0. The summed E-state index contributed by atoms with van der Waals surface area (Å²) in [6, 6.07) is 13.1. The van der Waals surface area contributed by atoms with Crippen molar-refractivity contribution in [2.45, 2.75) is 13.2 Å². The number of hydrazone groups is 1. The summed E-state index contributed by atoms with van der Waals surface area (Å²) in [6.07, 6.45) is -0.713. The highest BCUT2D eigenvalue weighted by Crippen LogP contribution is 2.37. The molecule has 7 heteroatoms. The van der Waals surface area contributed by atoms with E-state index in [0.29, 0.717) is 23.0 Å². The molecule has 0 aliphatic carbocycles. The highest BCUT2D eigenvalue weighted by Gasteiger charge is 2.35. The van der Waals surface area contributed by atoms with Gasteiger partial charge in [-0.1, -0.05) is 6.07 Å². The van der Waals surface area contributed by atoms with Crippen molar-refractivity contribution in [2.24, 2.45) is 5.10 Å². The molecule has 0 bridgehead atoms. The van der Waals surface area contributed by atoms with Crippen molar-refractivity contribution in [1.29, 1.82) is 0 Å². The minimum atomic E-state index is -0.713. The maximum Gasteiger partial charge on any atom is 0.243 e. The summed E-state index contributed by atoms with van der Waals surface area (Å²) in [6.45, 7) is 1.45. The van der Waals surface area contributed by atoms with Crippen molar-refractivity contribution < 1.29 is 19.0 Å². The normalized spacial score (nSPS) is 16.2. The number of methoxy groups -OCH3 is 2. The van der Waals surface area contributed by atoms with E-state index in [9.17, 15) is 4.79 Å². The zero-order chi connectivity index (χ0) is 18.0. The second kappa shape index (κ2) is 7.30. The van der Waals surface area contributed by atoms with Crippen LogP contribution in [0.1, 0.15) is 24.3 Å². The van der Waals surface area contributed by atoms with Crippen LogP contribution in [0.3, 0.4) is 0 Å². The summed E-state index contributed by atoms with van der Waals surface area (Å²) in [5.74, 6) is 1.40. The van der Waals surface area contributed by atoms with Crippen LogP contribution in [-0.4, -0.2) is 31.0 Å². The van der Waals surface area contributed by atoms with Crippen molar-refractivity contribution in [3.63, 3.8) is 0 Å². The highest BCUT2D eigenvalue weighted by atomic mass is 127. The first-order chi connectivity index (χ1) is 12.0. The Morgan fingerprint density at radius 2 is 2.00 bits per heavy atom. The molecule has 6 nitrogen and oxygen atoms in total. The summed E-state index contributed by atoms with van der Waals surface area (Å²) in [5.41, 5.74) is 1.48. The minimum Gasteiger partial charge on any atom is -0.497 e. The molecular weight excluding hydrogens is 435 g/mol. The third-order valence-corrected chi connectivity index (χ3v) is 4.41. The molecule has 25 heavy (non-hydrogen) atoms. The van der Waals surface area contributed by atoms with Gasteiger partial charge in [-0.2, -0.15) is 5.01 Å². The molecule has 1 aliphatic rings. The van der Waals surface area contributed by atoms with Crippen LogP contribution in [-0.2, 0) is 9.53 Å². The first-order valence-corrected chi connectivity index (χ1v) is 8.64. The number of rotatable bonds is 4. The van der Waals surface area contributed by atoms with Gasteiger partial charge in [-0.05, 0) is 59.0 Å². The highest BCUT2D eigenvalue weighted by molar-refractivity contribution is 14.1. The van der Waals surface area contributed by atoms with E-state index in [1.54, 1.807) is 32.4 Å². The van der Waals surface area contributed by atoms with E-state index in [2.05, 4.69) is 27.7 Å². The Bertz CT molecular complexity index is 838. The van der Waals surface area contributed by atoms with Gasteiger partial charge in [-0.15, -0.1) is 5.10 Å². The lowest BCUT2D eigenvalue weighted by Gasteiger charge is -2.21. The molecule has 0 spiro atoms. The maximum atomic E-state index is 12.1. The number of nitrogens with zero attached hydrogens (tertiary/aromatic N) is 2. The number of hydrogen-bond acceptors (Lipinski definition) is 5. The standard InChI is InChI=1S/C18H17IN2O4/c1-11(22)21-18(15-10-14(23-2)7-8-16(15)24-3)25-17(20-21)12-5-4-6-13(19)9-12/h4-10,18H,1-3H3. The number of benzene rings is 2. The lowest BCUT2D eigenvalue weighted by molar-refractivity contribution is -0.135. The first kappa shape index (κ1) is 17.5. The topological polar surface area (TPSA) is 60.4 Å². The second-order valence-electron chi connectivity index (χ2n) is 5.36. The van der Waals surface area contributed by atoms with Gasteiger partial charge in [0.1, 0.15) is 11.5 Å². The Hall–Kier alpha value is -2.29. The van der Waals surface area contributed by atoms with Crippen LogP contribution in [0.5, 0.6) is 11.5 Å². The van der Waals surface area contributed by atoms with Crippen LogP contribution in [0.4, 0.5) is 0 Å². The number of carbonyl (C=O) groups is 1.